The first-order valence-corrected chi connectivity index (χ1v) is 7.13. The normalized spacial score (nSPS) is 20.8. The van der Waals surface area contributed by atoms with Crippen LogP contribution in [0.5, 0.6) is 0 Å². The van der Waals surface area contributed by atoms with Crippen molar-refractivity contribution in [3.63, 3.8) is 0 Å². The number of benzene rings is 1. The molecule has 1 amide bonds. The van der Waals surface area contributed by atoms with E-state index < -0.39 is 27.8 Å². The summed E-state index contributed by atoms with van der Waals surface area (Å²) in [5, 5.41) is 0. The Labute approximate surface area is 111 Å². The number of esters is 1. The first kappa shape index (κ1) is 13.5. The van der Waals surface area contributed by atoms with Crippen LogP contribution < -0.4 is 0 Å². The van der Waals surface area contributed by atoms with Crippen molar-refractivity contribution in [1.82, 2.24) is 4.31 Å². The Morgan fingerprint density at radius 1 is 1.37 bits per heavy atom. The van der Waals surface area contributed by atoms with Gasteiger partial charge in [0.25, 0.3) is 15.9 Å². The monoisotopic (exact) mass is 283 g/mol. The van der Waals surface area contributed by atoms with E-state index >= 15 is 0 Å². The molecule has 0 radical (unpaired) electrons. The highest BCUT2D eigenvalue weighted by molar-refractivity contribution is 7.89. The summed E-state index contributed by atoms with van der Waals surface area (Å²) in [5.41, 5.74) is 0.170. The van der Waals surface area contributed by atoms with E-state index in [-0.39, 0.29) is 17.1 Å². The van der Waals surface area contributed by atoms with Crippen LogP contribution in [-0.2, 0) is 24.3 Å². The van der Waals surface area contributed by atoms with Crippen molar-refractivity contribution in [2.75, 3.05) is 13.7 Å². The molecule has 1 atom stereocenters. The average molecular weight is 283 g/mol. The van der Waals surface area contributed by atoms with Gasteiger partial charge in [-0.05, 0) is 18.6 Å². The van der Waals surface area contributed by atoms with Crippen LogP contribution in [0.15, 0.2) is 29.2 Å². The fourth-order valence-corrected chi connectivity index (χ4v) is 3.36. The van der Waals surface area contributed by atoms with Gasteiger partial charge in [0.2, 0.25) is 0 Å². The molecule has 102 valence electrons. The molecule has 1 aromatic carbocycles. The topological polar surface area (TPSA) is 80.8 Å². The fourth-order valence-electron chi connectivity index (χ4n) is 1.99. The summed E-state index contributed by atoms with van der Waals surface area (Å²) in [6, 6.07) is 5.96. The largest absolute Gasteiger partial charge is 0.465 e. The van der Waals surface area contributed by atoms with Gasteiger partial charge in [-0.2, -0.15) is 0 Å². The molecule has 0 aliphatic carbocycles. The first-order valence-electron chi connectivity index (χ1n) is 5.69. The molecule has 2 rings (SSSR count). The van der Waals surface area contributed by atoms with Crippen LogP contribution in [0.1, 0.15) is 18.4 Å². The van der Waals surface area contributed by atoms with Gasteiger partial charge in [0, 0.05) is 7.05 Å². The van der Waals surface area contributed by atoms with Crippen molar-refractivity contribution in [2.24, 2.45) is 0 Å². The Hall–Kier alpha value is -1.89. The Morgan fingerprint density at radius 2 is 2.00 bits per heavy atom. The van der Waals surface area contributed by atoms with E-state index in [1.165, 1.54) is 12.1 Å². The van der Waals surface area contributed by atoms with Gasteiger partial charge in [-0.15, -0.1) is 0 Å². The maximum absolute atomic E-state index is 12.1. The molecule has 1 aromatic rings. The van der Waals surface area contributed by atoms with Crippen molar-refractivity contribution >= 4 is 21.9 Å². The molecule has 19 heavy (non-hydrogen) atoms. The standard InChI is InChI=1S/C12H13NO5S/c1-3-18-12(15)10-8-6-4-5-7-9(8)19(16,17)13(2)11(10)14/h4-7,10H,3H2,1-2H3. The first-order chi connectivity index (χ1) is 8.91. The minimum Gasteiger partial charge on any atom is -0.465 e. The molecule has 0 saturated heterocycles. The molecular formula is C12H13NO5S. The highest BCUT2D eigenvalue weighted by Gasteiger charge is 2.45. The molecule has 1 aliphatic heterocycles. The Morgan fingerprint density at radius 3 is 2.63 bits per heavy atom. The highest BCUT2D eigenvalue weighted by atomic mass is 32.2. The Bertz CT molecular complexity index is 637. The van der Waals surface area contributed by atoms with Gasteiger partial charge in [-0.25, -0.2) is 12.7 Å². The molecule has 1 aliphatic rings. The number of amides is 1. The maximum atomic E-state index is 12.1. The molecular weight excluding hydrogens is 270 g/mol. The quantitative estimate of drug-likeness (QED) is 0.583. The van der Waals surface area contributed by atoms with Crippen molar-refractivity contribution in [2.45, 2.75) is 17.7 Å². The highest BCUT2D eigenvalue weighted by Crippen LogP contribution is 2.34. The molecule has 0 N–H and O–H groups in total. The lowest BCUT2D eigenvalue weighted by Crippen LogP contribution is -2.44. The fraction of sp³-hybridized carbons (Fsp3) is 0.333. The summed E-state index contributed by atoms with van der Waals surface area (Å²) in [6.45, 7) is 1.75. The number of likely N-dealkylation sites (N-methyl/N-ethyl adjacent to an activating group) is 1. The zero-order valence-corrected chi connectivity index (χ0v) is 11.3. The number of hydrogen-bond acceptors (Lipinski definition) is 5. The molecule has 1 heterocycles. The minimum absolute atomic E-state index is 0.0323. The van der Waals surface area contributed by atoms with Crippen LogP contribution in [-0.4, -0.2) is 38.3 Å². The van der Waals surface area contributed by atoms with E-state index in [0.717, 1.165) is 7.05 Å². The number of sulfonamides is 1. The summed E-state index contributed by atoms with van der Waals surface area (Å²) < 4.78 is 29.6. The number of ether oxygens (including phenoxy) is 1. The zero-order valence-electron chi connectivity index (χ0n) is 10.5. The van der Waals surface area contributed by atoms with Crippen LogP contribution in [0.25, 0.3) is 0 Å². The number of carbonyl (C=O) groups excluding carboxylic acids is 2. The molecule has 0 fully saturated rings. The third kappa shape index (κ3) is 1.99. The molecule has 0 aromatic heterocycles. The van der Waals surface area contributed by atoms with Crippen LogP contribution in [0.3, 0.4) is 0 Å². The third-order valence-electron chi connectivity index (χ3n) is 2.95. The van der Waals surface area contributed by atoms with Gasteiger partial charge in [0.1, 0.15) is 0 Å². The van der Waals surface area contributed by atoms with Crippen molar-refractivity contribution in [3.8, 4) is 0 Å². The minimum atomic E-state index is -3.88. The van der Waals surface area contributed by atoms with E-state index in [0.29, 0.717) is 4.31 Å². The predicted molar refractivity (Wildman–Crippen MR) is 65.8 cm³/mol. The number of carbonyl (C=O) groups is 2. The van der Waals surface area contributed by atoms with E-state index in [9.17, 15) is 18.0 Å². The molecule has 6 nitrogen and oxygen atoms in total. The Kier molecular flexibility index (Phi) is 3.32. The van der Waals surface area contributed by atoms with Crippen LogP contribution >= 0.6 is 0 Å². The lowest BCUT2D eigenvalue weighted by molar-refractivity contribution is -0.149. The number of nitrogens with zero attached hydrogens (tertiary/aromatic N) is 1. The van der Waals surface area contributed by atoms with Crippen molar-refractivity contribution < 1.29 is 22.7 Å². The van der Waals surface area contributed by atoms with Gasteiger partial charge < -0.3 is 4.74 Å². The average Bonchev–Trinajstić information content (AvgIpc) is 2.37. The molecule has 0 spiro atoms. The molecule has 0 bridgehead atoms. The van der Waals surface area contributed by atoms with E-state index in [1.807, 2.05) is 0 Å². The number of rotatable bonds is 2. The van der Waals surface area contributed by atoms with E-state index in [4.69, 9.17) is 4.74 Å². The third-order valence-corrected chi connectivity index (χ3v) is 4.78. The van der Waals surface area contributed by atoms with Crippen LogP contribution in [0, 0.1) is 0 Å². The summed E-state index contributed by atoms with van der Waals surface area (Å²) in [4.78, 5) is 23.9. The molecule has 0 saturated carbocycles. The Balaban J connectivity index is 2.64. The van der Waals surface area contributed by atoms with Gasteiger partial charge in [-0.3, -0.25) is 9.59 Å². The number of fused-ring (bicyclic) bond motifs is 1. The van der Waals surface area contributed by atoms with Crippen molar-refractivity contribution in [1.29, 1.82) is 0 Å². The maximum Gasteiger partial charge on any atom is 0.323 e. The second kappa shape index (κ2) is 4.65. The summed E-state index contributed by atoms with van der Waals surface area (Å²) in [6.07, 6.45) is 0. The van der Waals surface area contributed by atoms with Crippen LogP contribution in [0.2, 0.25) is 0 Å². The summed E-state index contributed by atoms with van der Waals surface area (Å²) in [7, 11) is -2.74. The van der Waals surface area contributed by atoms with Gasteiger partial charge in [0.15, 0.2) is 5.92 Å². The molecule has 1 unspecified atom stereocenters. The van der Waals surface area contributed by atoms with Gasteiger partial charge in [-0.1, -0.05) is 18.2 Å². The smallest absolute Gasteiger partial charge is 0.323 e. The second-order valence-corrected chi connectivity index (χ2v) is 5.97. The van der Waals surface area contributed by atoms with Gasteiger partial charge in [0.05, 0.1) is 11.5 Å². The van der Waals surface area contributed by atoms with Crippen molar-refractivity contribution in [3.05, 3.63) is 29.8 Å². The lowest BCUT2D eigenvalue weighted by atomic mass is 9.98. The SMILES string of the molecule is CCOC(=O)C1C(=O)N(C)S(=O)(=O)c2ccccc21. The van der Waals surface area contributed by atoms with E-state index in [2.05, 4.69) is 0 Å². The second-order valence-electron chi connectivity index (χ2n) is 4.03. The summed E-state index contributed by atoms with van der Waals surface area (Å²) in [5.74, 6) is -2.75. The van der Waals surface area contributed by atoms with Gasteiger partial charge >= 0.3 is 5.97 Å². The molecule has 7 heteroatoms. The summed E-state index contributed by atoms with van der Waals surface area (Å²) >= 11 is 0. The van der Waals surface area contributed by atoms with E-state index in [1.54, 1.807) is 19.1 Å². The lowest BCUT2D eigenvalue weighted by Gasteiger charge is -2.29. The predicted octanol–water partition coefficient (Wildman–Crippen LogP) is 0.494. The number of hydrogen-bond donors (Lipinski definition) is 0. The zero-order chi connectivity index (χ0) is 14.2. The van der Waals surface area contributed by atoms with Crippen LogP contribution in [0.4, 0.5) is 0 Å².